The van der Waals surface area contributed by atoms with Gasteiger partial charge < -0.3 is 20.2 Å². The number of Topliss-reactive ketones (excluding diaryl/α,β-unsaturated/α-hetero) is 2. The average molecular weight is 981 g/mol. The van der Waals surface area contributed by atoms with E-state index in [2.05, 4.69) is 31.0 Å². The van der Waals surface area contributed by atoms with Gasteiger partial charge in [0.15, 0.2) is 5.71 Å². The standard InChI is InChI=1S/C38H27N9O13S3.3Na/c39-23-6-1-21-15-30(62(55,56)57)35(37(48)28(21)18-23)45-42-24-7-2-19(3-8-24)20-4-9-25(10-5-20)43-46-36-31(63(58,59)60)17-22-16-29(61(52,53)54)34(33(40)32(22)38(36)49)44-41-26-11-13-27(14-12-26)47(50)51;;;/h1-18,50-51H,(H7-,39,40,41,43,45,49,52,53,54,55,56,57,58,59,60);;;/q;3*+1/p-2. The number of hydrogen-bond acceptors (Lipinski definition) is 19. The van der Waals surface area contributed by atoms with E-state index in [0.717, 1.165) is 6.08 Å². The van der Waals surface area contributed by atoms with Gasteiger partial charge in [-0.2, -0.15) is 29.5 Å². The molecule has 0 atom stereocenters. The predicted molar refractivity (Wildman–Crippen MR) is 224 cm³/mol. The summed E-state index contributed by atoms with van der Waals surface area (Å²) in [5.41, 5.74) is 8.18. The van der Waals surface area contributed by atoms with Gasteiger partial charge in [-0.1, -0.05) is 30.4 Å². The molecule has 0 bridgehead atoms. The van der Waals surface area contributed by atoms with E-state index in [1.54, 1.807) is 24.3 Å². The van der Waals surface area contributed by atoms with Crippen LogP contribution in [0.15, 0.2) is 171 Å². The second-order valence-corrected chi connectivity index (χ2v) is 17.3. The number of allylic oxidation sites excluding steroid dienone is 17. The van der Waals surface area contributed by atoms with Gasteiger partial charge in [0, 0.05) is 17.2 Å². The summed E-state index contributed by atoms with van der Waals surface area (Å²) in [5, 5.41) is 45.2. The van der Waals surface area contributed by atoms with E-state index >= 15 is 0 Å². The number of fused-ring (bicyclic) bond motifs is 2. The van der Waals surface area contributed by atoms with Gasteiger partial charge in [0.25, 0.3) is 4.91 Å². The molecule has 7 rings (SSSR count). The van der Waals surface area contributed by atoms with Gasteiger partial charge in [-0.3, -0.25) is 25.4 Å². The van der Waals surface area contributed by atoms with Crippen LogP contribution in [0.2, 0.25) is 0 Å². The van der Waals surface area contributed by atoms with Gasteiger partial charge in [-0.05, 0) is 99.4 Å². The van der Waals surface area contributed by atoms with Crippen molar-refractivity contribution in [2.75, 3.05) is 5.23 Å². The van der Waals surface area contributed by atoms with E-state index < -0.39 is 90.9 Å². The molecule has 7 N–H and O–H groups in total. The molecule has 22 nitrogen and oxygen atoms in total. The number of benzene rings is 2. The average Bonchev–Trinajstić information content (AvgIpc) is 3.22. The Morgan fingerprint density at radius 1 is 0.742 bits per heavy atom. The summed E-state index contributed by atoms with van der Waals surface area (Å²) in [7, 11) is -15.6. The summed E-state index contributed by atoms with van der Waals surface area (Å²) in [5.74, 6) is -2.12. The molecular formula is C38H25N9Na3O13S3+. The van der Waals surface area contributed by atoms with E-state index in [1.807, 2.05) is 0 Å². The molecule has 0 heterocycles. The minimum Gasteiger partial charge on any atom is -0.744 e. The zero-order valence-electron chi connectivity index (χ0n) is 34.3. The van der Waals surface area contributed by atoms with Crippen LogP contribution in [0.1, 0.15) is 15.9 Å². The first-order valence-corrected chi connectivity index (χ1v) is 21.6. The van der Waals surface area contributed by atoms with Crippen molar-refractivity contribution in [1.29, 1.82) is 5.41 Å². The number of carbonyl (C=O) groups is 2. The molecule has 0 fully saturated rings. The fourth-order valence-corrected chi connectivity index (χ4v) is 8.11. The monoisotopic (exact) mass is 980 g/mol. The van der Waals surface area contributed by atoms with Crippen molar-refractivity contribution >= 4 is 94.0 Å². The van der Waals surface area contributed by atoms with Crippen molar-refractivity contribution in [3.63, 3.8) is 0 Å². The van der Waals surface area contributed by atoms with Gasteiger partial charge in [0.1, 0.15) is 25.9 Å². The molecule has 320 valence electrons. The van der Waals surface area contributed by atoms with Crippen LogP contribution >= 0.6 is 0 Å². The van der Waals surface area contributed by atoms with Gasteiger partial charge >= 0.3 is 99.2 Å². The minimum atomic E-state index is -5.43. The summed E-state index contributed by atoms with van der Waals surface area (Å²) >= 11 is 0. The molecule has 0 saturated heterocycles. The van der Waals surface area contributed by atoms with Gasteiger partial charge in [0.05, 0.1) is 44.0 Å². The zero-order valence-corrected chi connectivity index (χ0v) is 42.7. The van der Waals surface area contributed by atoms with Crippen LogP contribution in [0, 0.1) is 5.41 Å². The molecular weight excluding hydrogens is 956 g/mol. The molecule has 28 heteroatoms. The topological polar surface area (TPSA) is 371 Å². The Kier molecular flexibility index (Phi) is 17.5. The van der Waals surface area contributed by atoms with E-state index in [0.29, 0.717) is 23.3 Å². The SMILES string of the molecule is N=C1C=CC2=CC(S(=O)(=O)[O-])=C(NN=C3C=CC(=C4C=CC(=NN=C5C(=O)c6c(cc(S(=O)(=O)[O-])c(N=Nc7ccc(N(O)O)cc7)c6[NH-])C=C5[S+](=O)(O)O)C=C4)C=C3)C(=O)C2=C1.[Na+].[Na+].[Na+]. The Bertz CT molecular complexity index is 3190. The summed E-state index contributed by atoms with van der Waals surface area (Å²) in [4.78, 5) is 24.0. The number of anilines is 1. The van der Waals surface area contributed by atoms with Gasteiger partial charge in [0.2, 0.25) is 11.6 Å². The van der Waals surface area contributed by atoms with Crippen molar-refractivity contribution in [3.05, 3.63) is 158 Å². The first kappa shape index (κ1) is 54.3. The van der Waals surface area contributed by atoms with Crippen LogP contribution < -0.4 is 99.3 Å². The smallest absolute Gasteiger partial charge is 0.744 e. The number of nitrogens with one attached hydrogen (secondary N) is 3. The molecule has 0 aromatic heterocycles. The minimum absolute atomic E-state index is 0. The molecule has 5 aliphatic carbocycles. The third kappa shape index (κ3) is 11.8. The normalized spacial score (nSPS) is 17.4. The number of ketones is 2. The fourth-order valence-electron chi connectivity index (χ4n) is 6.13. The molecule has 0 amide bonds. The Hall–Kier alpha value is -4.33. The molecule has 0 saturated carbocycles. The van der Waals surface area contributed by atoms with Crippen LogP contribution in [-0.2, 0) is 39.7 Å². The zero-order chi connectivity index (χ0) is 45.6. The quantitative estimate of drug-likeness (QED) is 0.0464. The van der Waals surface area contributed by atoms with E-state index in [9.17, 15) is 48.8 Å². The Morgan fingerprint density at radius 2 is 1.33 bits per heavy atom. The summed E-state index contributed by atoms with van der Waals surface area (Å²) in [6, 6.07) is 5.43. The molecule has 2 aromatic rings. The summed E-state index contributed by atoms with van der Waals surface area (Å²) in [6.07, 6.45) is 17.9. The molecule has 66 heavy (non-hydrogen) atoms. The first-order chi connectivity index (χ1) is 29.6. The van der Waals surface area contributed by atoms with Crippen LogP contribution in [0.5, 0.6) is 0 Å². The Balaban J connectivity index is 0.00000317. The van der Waals surface area contributed by atoms with Crippen molar-refractivity contribution in [2.45, 2.75) is 4.90 Å². The Labute approximate surface area is 441 Å². The number of carbonyl (C=O) groups excluding carboxylic acids is 2. The maximum absolute atomic E-state index is 13.8. The predicted octanol–water partition coefficient (Wildman–Crippen LogP) is -3.66. The molecule has 0 radical (unpaired) electrons. The van der Waals surface area contributed by atoms with E-state index in [1.165, 1.54) is 66.8 Å². The number of nitrogens with zero attached hydrogens (tertiary/aromatic N) is 6. The van der Waals surface area contributed by atoms with Crippen LogP contribution in [0.3, 0.4) is 0 Å². The maximum atomic E-state index is 13.8. The van der Waals surface area contributed by atoms with E-state index in [-0.39, 0.29) is 134 Å². The second-order valence-electron chi connectivity index (χ2n) is 13.2. The number of hydrazone groups is 1. The van der Waals surface area contributed by atoms with Crippen molar-refractivity contribution in [3.8, 4) is 0 Å². The third-order valence-electron chi connectivity index (χ3n) is 9.12. The van der Waals surface area contributed by atoms with Gasteiger partial charge in [-0.15, -0.1) is 16.0 Å². The summed E-state index contributed by atoms with van der Waals surface area (Å²) in [6.45, 7) is 0. The molecule has 0 unspecified atom stereocenters. The van der Waals surface area contributed by atoms with Crippen LogP contribution in [0.25, 0.3) is 11.8 Å². The van der Waals surface area contributed by atoms with Crippen LogP contribution in [0.4, 0.5) is 22.7 Å². The fraction of sp³-hybridized carbons (Fsp3) is 0. The molecule has 5 aliphatic rings. The van der Waals surface area contributed by atoms with Crippen molar-refractivity contribution in [1.82, 2.24) is 5.43 Å². The number of azo groups is 1. The van der Waals surface area contributed by atoms with E-state index in [4.69, 9.17) is 21.6 Å². The molecule has 0 spiro atoms. The molecule has 2 aromatic carbocycles. The largest absolute Gasteiger partial charge is 1.00 e. The van der Waals surface area contributed by atoms with Crippen LogP contribution in [-0.4, -0.2) is 79.9 Å². The number of rotatable bonds is 9. The maximum Gasteiger partial charge on any atom is 1.00 e. The van der Waals surface area contributed by atoms with Gasteiger partial charge in [-0.25, -0.2) is 16.8 Å². The van der Waals surface area contributed by atoms with Crippen molar-refractivity contribution < 1.29 is 148 Å². The number of hydrogen-bond donors (Lipinski definition) is 6. The van der Waals surface area contributed by atoms with Crippen molar-refractivity contribution in [2.24, 2.45) is 25.5 Å². The second kappa shape index (κ2) is 21.3. The first-order valence-electron chi connectivity index (χ1n) is 17.4. The summed E-state index contributed by atoms with van der Waals surface area (Å²) < 4.78 is 106. The Morgan fingerprint density at radius 3 is 1.88 bits per heavy atom. The molecule has 0 aliphatic heterocycles. The third-order valence-corrected chi connectivity index (χ3v) is 11.7.